The Balaban J connectivity index is 0.00000361. The lowest BCUT2D eigenvalue weighted by molar-refractivity contribution is 0.121. The molecule has 1 aliphatic heterocycles. The number of aliphatic imine (C=N–C) groups is 1. The maximum atomic E-state index is 5.78. The molecular formula is C13H29IN4O2. The summed E-state index contributed by atoms with van der Waals surface area (Å²) in [5.74, 6) is 1.18. The molecule has 7 heteroatoms. The molecule has 0 aromatic carbocycles. The van der Waals surface area contributed by atoms with Gasteiger partial charge in [-0.1, -0.05) is 0 Å². The summed E-state index contributed by atoms with van der Waals surface area (Å²) in [5.41, 5.74) is 5.78. The highest BCUT2D eigenvalue weighted by atomic mass is 127. The third-order valence-electron chi connectivity index (χ3n) is 3.45. The van der Waals surface area contributed by atoms with Crippen LogP contribution in [0.1, 0.15) is 12.8 Å². The number of hydrogen-bond donors (Lipinski definition) is 2. The first-order valence-electron chi connectivity index (χ1n) is 7.00. The maximum absolute atomic E-state index is 5.78. The van der Waals surface area contributed by atoms with Gasteiger partial charge in [-0.05, 0) is 31.8 Å². The highest BCUT2D eigenvalue weighted by molar-refractivity contribution is 14.0. The second kappa shape index (κ2) is 12.6. The number of piperidine rings is 1. The van der Waals surface area contributed by atoms with Gasteiger partial charge >= 0.3 is 0 Å². The summed E-state index contributed by atoms with van der Waals surface area (Å²) in [5, 5.41) is 3.04. The number of methoxy groups -OCH3 is 2. The van der Waals surface area contributed by atoms with E-state index in [9.17, 15) is 0 Å². The van der Waals surface area contributed by atoms with Crippen molar-refractivity contribution < 1.29 is 9.47 Å². The van der Waals surface area contributed by atoms with Crippen LogP contribution in [0.2, 0.25) is 0 Å². The van der Waals surface area contributed by atoms with Crippen LogP contribution in [0.3, 0.4) is 0 Å². The van der Waals surface area contributed by atoms with Crippen LogP contribution in [-0.4, -0.2) is 71.0 Å². The molecule has 1 heterocycles. The first kappa shape index (κ1) is 19.9. The molecule has 0 unspecified atom stereocenters. The van der Waals surface area contributed by atoms with Gasteiger partial charge in [0.25, 0.3) is 0 Å². The minimum Gasteiger partial charge on any atom is -0.383 e. The SMILES string of the molecule is COCCNC(N)=NCC1CCN(CCOC)CC1.I. The summed E-state index contributed by atoms with van der Waals surface area (Å²) < 4.78 is 10.0. The molecule has 0 radical (unpaired) electrons. The predicted octanol–water partition coefficient (Wildman–Crippen LogP) is 0.514. The summed E-state index contributed by atoms with van der Waals surface area (Å²) in [6.45, 7) is 6.31. The molecule has 0 aromatic heterocycles. The Hall–Kier alpha value is -0.120. The lowest BCUT2D eigenvalue weighted by atomic mass is 9.97. The Bertz CT molecular complexity index is 259. The van der Waals surface area contributed by atoms with Gasteiger partial charge in [-0.3, -0.25) is 4.99 Å². The molecule has 1 aliphatic rings. The van der Waals surface area contributed by atoms with Crippen molar-refractivity contribution in [3.05, 3.63) is 0 Å². The van der Waals surface area contributed by atoms with Crippen LogP contribution in [0.15, 0.2) is 4.99 Å². The number of guanidine groups is 1. The summed E-state index contributed by atoms with van der Waals surface area (Å²) in [7, 11) is 3.42. The highest BCUT2D eigenvalue weighted by Crippen LogP contribution is 2.16. The number of ether oxygens (including phenoxy) is 2. The van der Waals surface area contributed by atoms with Crippen LogP contribution in [0.5, 0.6) is 0 Å². The fraction of sp³-hybridized carbons (Fsp3) is 0.923. The van der Waals surface area contributed by atoms with E-state index in [4.69, 9.17) is 15.2 Å². The van der Waals surface area contributed by atoms with Crippen molar-refractivity contribution in [2.75, 3.05) is 60.2 Å². The van der Waals surface area contributed by atoms with Gasteiger partial charge in [0.15, 0.2) is 5.96 Å². The van der Waals surface area contributed by atoms with Gasteiger partial charge in [0.1, 0.15) is 0 Å². The first-order valence-corrected chi connectivity index (χ1v) is 7.00. The average Bonchev–Trinajstić information content (AvgIpc) is 2.44. The molecule has 20 heavy (non-hydrogen) atoms. The summed E-state index contributed by atoms with van der Waals surface area (Å²) in [4.78, 5) is 6.84. The van der Waals surface area contributed by atoms with Gasteiger partial charge in [0, 0.05) is 33.9 Å². The number of rotatable bonds is 8. The second-order valence-corrected chi connectivity index (χ2v) is 4.92. The van der Waals surface area contributed by atoms with E-state index in [1.807, 2.05) is 0 Å². The molecule has 0 amide bonds. The number of hydrogen-bond acceptors (Lipinski definition) is 4. The largest absolute Gasteiger partial charge is 0.383 e. The summed E-state index contributed by atoms with van der Waals surface area (Å²) in [6.07, 6.45) is 2.39. The standard InChI is InChI=1S/C13H28N4O2.HI/c1-18-9-5-15-13(14)16-11-12-3-6-17(7-4-12)8-10-19-2;/h12H,3-11H2,1-2H3,(H3,14,15,16);1H. The van der Waals surface area contributed by atoms with Gasteiger partial charge in [-0.25, -0.2) is 0 Å². The molecule has 0 aromatic rings. The topological polar surface area (TPSA) is 72.1 Å². The lowest BCUT2D eigenvalue weighted by Crippen LogP contribution is -2.38. The molecule has 1 saturated heterocycles. The minimum atomic E-state index is 0. The van der Waals surface area contributed by atoms with Crippen LogP contribution in [0.25, 0.3) is 0 Å². The Morgan fingerprint density at radius 1 is 1.25 bits per heavy atom. The van der Waals surface area contributed by atoms with E-state index < -0.39 is 0 Å². The van der Waals surface area contributed by atoms with Gasteiger partial charge in [-0.15, -0.1) is 24.0 Å². The van der Waals surface area contributed by atoms with Crippen molar-refractivity contribution in [1.29, 1.82) is 0 Å². The van der Waals surface area contributed by atoms with E-state index >= 15 is 0 Å². The molecule has 6 nitrogen and oxygen atoms in total. The van der Waals surface area contributed by atoms with E-state index in [0.717, 1.165) is 32.8 Å². The molecular weight excluding hydrogens is 371 g/mol. The van der Waals surface area contributed by atoms with Gasteiger partial charge in [0.05, 0.1) is 13.2 Å². The number of nitrogens with one attached hydrogen (secondary N) is 1. The Morgan fingerprint density at radius 3 is 2.50 bits per heavy atom. The molecule has 1 fully saturated rings. The van der Waals surface area contributed by atoms with E-state index in [1.54, 1.807) is 14.2 Å². The molecule has 3 N–H and O–H groups in total. The predicted molar refractivity (Wildman–Crippen MR) is 92.8 cm³/mol. The minimum absolute atomic E-state index is 0. The van der Waals surface area contributed by atoms with Crippen LogP contribution in [-0.2, 0) is 9.47 Å². The van der Waals surface area contributed by atoms with Crippen LogP contribution < -0.4 is 11.1 Å². The van der Waals surface area contributed by atoms with Crippen molar-refractivity contribution >= 4 is 29.9 Å². The molecule has 0 atom stereocenters. The van der Waals surface area contributed by atoms with Crippen LogP contribution in [0, 0.1) is 5.92 Å². The summed E-state index contributed by atoms with van der Waals surface area (Å²) in [6, 6.07) is 0. The average molecular weight is 400 g/mol. The van der Waals surface area contributed by atoms with E-state index in [-0.39, 0.29) is 24.0 Å². The van der Waals surface area contributed by atoms with Gasteiger partial charge in [-0.2, -0.15) is 0 Å². The van der Waals surface area contributed by atoms with Crippen molar-refractivity contribution in [2.24, 2.45) is 16.6 Å². The Kier molecular flexibility index (Phi) is 12.5. The fourth-order valence-electron chi connectivity index (χ4n) is 2.18. The highest BCUT2D eigenvalue weighted by Gasteiger charge is 2.18. The van der Waals surface area contributed by atoms with E-state index in [0.29, 0.717) is 25.0 Å². The second-order valence-electron chi connectivity index (χ2n) is 4.92. The zero-order valence-corrected chi connectivity index (χ0v) is 15.0. The number of likely N-dealkylation sites (tertiary alicyclic amines) is 1. The quantitative estimate of drug-likeness (QED) is 0.269. The van der Waals surface area contributed by atoms with Crippen LogP contribution in [0.4, 0.5) is 0 Å². The zero-order valence-electron chi connectivity index (χ0n) is 12.6. The third-order valence-corrected chi connectivity index (χ3v) is 3.45. The number of nitrogens with zero attached hydrogens (tertiary/aromatic N) is 2. The third kappa shape index (κ3) is 8.93. The molecule has 1 rings (SSSR count). The smallest absolute Gasteiger partial charge is 0.188 e. The zero-order chi connectivity index (χ0) is 13.9. The summed E-state index contributed by atoms with van der Waals surface area (Å²) >= 11 is 0. The monoisotopic (exact) mass is 400 g/mol. The van der Waals surface area contributed by atoms with Crippen LogP contribution >= 0.6 is 24.0 Å². The Labute approximate surface area is 139 Å². The van der Waals surface area contributed by atoms with Gasteiger partial charge < -0.3 is 25.4 Å². The molecule has 120 valence electrons. The fourth-order valence-corrected chi connectivity index (χ4v) is 2.18. The maximum Gasteiger partial charge on any atom is 0.188 e. The molecule has 0 bridgehead atoms. The first-order chi connectivity index (χ1) is 9.26. The number of nitrogens with two attached hydrogens (primary N) is 1. The molecule has 0 spiro atoms. The molecule has 0 saturated carbocycles. The Morgan fingerprint density at radius 2 is 1.90 bits per heavy atom. The normalized spacial score (nSPS) is 17.8. The van der Waals surface area contributed by atoms with E-state index in [2.05, 4.69) is 15.2 Å². The molecule has 0 aliphatic carbocycles. The van der Waals surface area contributed by atoms with Gasteiger partial charge in [0.2, 0.25) is 0 Å². The van der Waals surface area contributed by atoms with Crippen molar-refractivity contribution in [1.82, 2.24) is 10.2 Å². The van der Waals surface area contributed by atoms with E-state index in [1.165, 1.54) is 12.8 Å². The number of halogens is 1. The van der Waals surface area contributed by atoms with Crippen molar-refractivity contribution in [3.8, 4) is 0 Å². The van der Waals surface area contributed by atoms with Crippen molar-refractivity contribution in [2.45, 2.75) is 12.8 Å². The lowest BCUT2D eigenvalue weighted by Gasteiger charge is -2.30. The van der Waals surface area contributed by atoms with Crippen molar-refractivity contribution in [3.63, 3.8) is 0 Å².